The second-order valence-corrected chi connectivity index (χ2v) is 11.9. The normalized spacial score (nSPS) is 12.3. The first kappa shape index (κ1) is 36.0. The number of benzene rings is 1. The van der Waals surface area contributed by atoms with Crippen LogP contribution in [0.5, 0.6) is 0 Å². The van der Waals surface area contributed by atoms with E-state index in [0.717, 1.165) is 57.9 Å². The number of alkyl halides is 1. The molecule has 0 radical (unpaired) electrons. The minimum Gasteiger partial charge on any atom is -0.374 e. The van der Waals surface area contributed by atoms with E-state index in [1.807, 2.05) is 20.0 Å². The lowest BCUT2D eigenvalue weighted by Crippen LogP contribution is -2.42. The van der Waals surface area contributed by atoms with Crippen molar-refractivity contribution in [2.24, 2.45) is 5.73 Å². The van der Waals surface area contributed by atoms with Gasteiger partial charge in [0.25, 0.3) is 0 Å². The Morgan fingerprint density at radius 3 is 2.44 bits per heavy atom. The third-order valence-electron chi connectivity index (χ3n) is 7.76. The van der Waals surface area contributed by atoms with Gasteiger partial charge < -0.3 is 20.9 Å². The molecule has 3 N–H and O–H groups in total. The van der Waals surface area contributed by atoms with Gasteiger partial charge in [-0.1, -0.05) is 37.5 Å². The number of likely N-dealkylation sites (N-methyl/N-ethyl adjacent to an activating group) is 1. The van der Waals surface area contributed by atoms with Crippen LogP contribution in [0.3, 0.4) is 0 Å². The summed E-state index contributed by atoms with van der Waals surface area (Å²) in [7, 11) is 3.54. The maximum Gasteiger partial charge on any atom is 0.212 e. The molecule has 8 nitrogen and oxygen atoms in total. The summed E-state index contributed by atoms with van der Waals surface area (Å²) in [5.41, 5.74) is 9.98. The molecule has 0 fully saturated rings. The number of aromatic nitrogens is 3. The van der Waals surface area contributed by atoms with E-state index in [-0.39, 0.29) is 23.8 Å². The van der Waals surface area contributed by atoms with Gasteiger partial charge in [0.1, 0.15) is 15.8 Å². The van der Waals surface area contributed by atoms with Crippen LogP contribution in [-0.2, 0) is 11.2 Å². The fraction of sp³-hybridized carbons (Fsp3) is 0.469. The average molecular weight is 632 g/mol. The predicted molar refractivity (Wildman–Crippen MR) is 179 cm³/mol. The van der Waals surface area contributed by atoms with E-state index in [2.05, 4.69) is 71.9 Å². The van der Waals surface area contributed by atoms with Crippen molar-refractivity contribution in [3.63, 3.8) is 0 Å². The van der Waals surface area contributed by atoms with Crippen LogP contribution in [0.15, 0.2) is 49.4 Å². The van der Waals surface area contributed by atoms with Gasteiger partial charge in [0.05, 0.1) is 18.4 Å². The molecule has 0 bridgehead atoms. The minimum absolute atomic E-state index is 0.00979. The maximum atomic E-state index is 14.6. The van der Waals surface area contributed by atoms with E-state index in [0.29, 0.717) is 23.8 Å². The van der Waals surface area contributed by atoms with Gasteiger partial charge in [-0.2, -0.15) is 10.2 Å². The number of thiophene rings is 1. The van der Waals surface area contributed by atoms with Crippen LogP contribution in [-0.4, -0.2) is 69.8 Å². The fourth-order valence-corrected chi connectivity index (χ4v) is 6.40. The number of carbonyl (C=O) groups excluding carboxylic acids is 1. The van der Waals surface area contributed by atoms with Crippen LogP contribution in [0.25, 0.3) is 10.7 Å². The minimum atomic E-state index is -0.252. The molecule has 11 heteroatoms. The van der Waals surface area contributed by atoms with Crippen molar-refractivity contribution in [1.82, 2.24) is 24.8 Å². The van der Waals surface area contributed by atoms with E-state index >= 15 is 0 Å². The van der Waals surface area contributed by atoms with Crippen LogP contribution in [0, 0.1) is 12.7 Å². The Balaban J connectivity index is 0.00000316. The molecule has 0 saturated heterocycles. The second kappa shape index (κ2) is 17.2. The lowest BCUT2D eigenvalue weighted by molar-refractivity contribution is -0.105. The van der Waals surface area contributed by atoms with Crippen molar-refractivity contribution in [2.75, 3.05) is 31.8 Å². The molecular weight excluding hydrogens is 585 g/mol. The van der Waals surface area contributed by atoms with E-state index in [1.54, 1.807) is 23.3 Å². The highest BCUT2D eigenvalue weighted by Gasteiger charge is 2.30. The molecule has 43 heavy (non-hydrogen) atoms. The average Bonchev–Trinajstić information content (AvgIpc) is 3.65. The number of nitrogens with one attached hydrogen (secondary N) is 1. The molecule has 0 spiro atoms. The summed E-state index contributed by atoms with van der Waals surface area (Å²) in [5, 5.41) is 12.9. The number of nitrogens with two attached hydrogens (primary N) is 1. The Morgan fingerprint density at radius 2 is 1.88 bits per heavy atom. The number of halogens is 2. The standard InChI is InChI=1S/C31H42ClFN6OS.CH5N/c1-9-25-12-13-27(33)17-28(25)26(11-10-14-32)18-38(23(6)22(5)37(8)20(2)3)24(7)29-21(4)31(39-35-15-16-36-39)41-30(29)34-19-40;1-2/h12-13,15-17,19-20,23,26H,5,7,9-11,14,18H2,1-4,6,8H3,(H,34,40);2H2,1H3/t23-,26+;/m1./s1. The zero-order chi connectivity index (χ0) is 32.3. The molecule has 3 aromatic rings. The molecule has 1 amide bonds. The summed E-state index contributed by atoms with van der Waals surface area (Å²) in [6, 6.07) is 5.16. The zero-order valence-corrected chi connectivity index (χ0v) is 28.1. The molecule has 236 valence electrons. The molecule has 0 saturated carbocycles. The number of hydrogen-bond donors (Lipinski definition) is 2. The number of amides is 1. The van der Waals surface area contributed by atoms with E-state index < -0.39 is 0 Å². The van der Waals surface area contributed by atoms with E-state index in [9.17, 15) is 9.18 Å². The Kier molecular flexibility index (Phi) is 14.4. The van der Waals surface area contributed by atoms with Gasteiger partial charge >= 0.3 is 0 Å². The molecule has 3 rings (SSSR count). The van der Waals surface area contributed by atoms with Crippen molar-refractivity contribution >= 4 is 40.0 Å². The number of rotatable bonds is 16. The van der Waals surface area contributed by atoms with Gasteiger partial charge in [0, 0.05) is 48.4 Å². The van der Waals surface area contributed by atoms with Crippen LogP contribution in [0.1, 0.15) is 68.7 Å². The van der Waals surface area contributed by atoms with Gasteiger partial charge in [-0.25, -0.2) is 4.39 Å². The molecule has 2 atom stereocenters. The Morgan fingerprint density at radius 1 is 1.23 bits per heavy atom. The number of nitrogens with zero attached hydrogens (tertiary/aromatic N) is 5. The first-order valence-electron chi connectivity index (χ1n) is 14.5. The molecule has 1 aromatic carbocycles. The Bertz CT molecular complexity index is 1340. The van der Waals surface area contributed by atoms with Crippen molar-refractivity contribution < 1.29 is 9.18 Å². The number of anilines is 1. The third-order valence-corrected chi connectivity index (χ3v) is 9.21. The largest absolute Gasteiger partial charge is 0.374 e. The van der Waals surface area contributed by atoms with Crippen molar-refractivity contribution in [3.8, 4) is 5.00 Å². The number of hydrogen-bond acceptors (Lipinski definition) is 7. The monoisotopic (exact) mass is 631 g/mol. The van der Waals surface area contributed by atoms with Crippen molar-refractivity contribution in [3.05, 3.63) is 77.5 Å². The number of aryl methyl sites for hydroxylation is 1. The maximum absolute atomic E-state index is 14.6. The molecule has 0 aliphatic heterocycles. The summed E-state index contributed by atoms with van der Waals surface area (Å²) in [4.78, 5) is 17.6. The SMILES string of the molecule is C=C([C@@H](C)N(C[C@H](CCCCl)c1cc(F)ccc1CC)C(=C)c1c(NC=O)sc(-n2nccn2)c1C)N(C)C(C)C.CN. The van der Waals surface area contributed by atoms with Gasteiger partial charge in [-0.3, -0.25) is 4.79 Å². The first-order valence-corrected chi connectivity index (χ1v) is 15.9. The van der Waals surface area contributed by atoms with E-state index in [1.165, 1.54) is 24.5 Å². The molecule has 0 unspecified atom stereocenters. The first-order chi connectivity index (χ1) is 20.5. The van der Waals surface area contributed by atoms with Gasteiger partial charge in [-0.05, 0) is 82.8 Å². The summed E-state index contributed by atoms with van der Waals surface area (Å²) in [6.45, 7) is 20.0. The Labute approximate surface area is 265 Å². The lowest BCUT2D eigenvalue weighted by atomic mass is 9.88. The Hall–Kier alpha value is -3.21. The highest BCUT2D eigenvalue weighted by atomic mass is 35.5. The van der Waals surface area contributed by atoms with Gasteiger partial charge in [-0.15, -0.1) is 16.4 Å². The predicted octanol–water partition coefficient (Wildman–Crippen LogP) is 6.80. The molecular formula is C32H47ClFN7OS. The fourth-order valence-electron chi connectivity index (χ4n) is 5.14. The number of carbonyl (C=O) groups is 1. The summed E-state index contributed by atoms with van der Waals surface area (Å²) in [5.74, 6) is 0.256. The highest BCUT2D eigenvalue weighted by molar-refractivity contribution is 7.19. The van der Waals surface area contributed by atoms with Crippen LogP contribution < -0.4 is 11.1 Å². The van der Waals surface area contributed by atoms with Crippen LogP contribution in [0.2, 0.25) is 0 Å². The van der Waals surface area contributed by atoms with Gasteiger partial charge in [0.2, 0.25) is 6.41 Å². The molecule has 0 aliphatic carbocycles. The van der Waals surface area contributed by atoms with Crippen molar-refractivity contribution in [1.29, 1.82) is 0 Å². The van der Waals surface area contributed by atoms with Crippen LogP contribution >= 0.6 is 22.9 Å². The topological polar surface area (TPSA) is 92.3 Å². The smallest absolute Gasteiger partial charge is 0.212 e. The molecule has 2 heterocycles. The quantitative estimate of drug-likeness (QED) is 0.133. The van der Waals surface area contributed by atoms with Gasteiger partial charge in [0.15, 0.2) is 0 Å². The highest BCUT2D eigenvalue weighted by Crippen LogP contribution is 2.42. The molecule has 2 aromatic heterocycles. The van der Waals surface area contributed by atoms with Crippen LogP contribution in [0.4, 0.5) is 9.39 Å². The summed E-state index contributed by atoms with van der Waals surface area (Å²) >= 11 is 7.56. The zero-order valence-electron chi connectivity index (χ0n) is 26.5. The lowest BCUT2D eigenvalue weighted by Gasteiger charge is -2.41. The third kappa shape index (κ3) is 8.68. The van der Waals surface area contributed by atoms with E-state index in [4.69, 9.17) is 11.6 Å². The summed E-state index contributed by atoms with van der Waals surface area (Å²) in [6.07, 6.45) is 6.28. The van der Waals surface area contributed by atoms with Crippen molar-refractivity contribution in [2.45, 2.75) is 71.9 Å². The summed E-state index contributed by atoms with van der Waals surface area (Å²) < 4.78 is 14.6. The molecule has 0 aliphatic rings. The second-order valence-electron chi connectivity index (χ2n) is 10.5.